The molecule has 3 aliphatic rings. The predicted octanol–water partition coefficient (Wildman–Crippen LogP) is 5.38. The van der Waals surface area contributed by atoms with Crippen molar-refractivity contribution in [2.45, 2.75) is 44.9 Å². The van der Waals surface area contributed by atoms with Crippen LogP contribution in [-0.2, 0) is 14.3 Å². The van der Waals surface area contributed by atoms with Crippen LogP contribution in [0.4, 0.5) is 0 Å². The van der Waals surface area contributed by atoms with Crippen molar-refractivity contribution in [1.29, 1.82) is 0 Å². The molecule has 34 heavy (non-hydrogen) atoms. The zero-order valence-electron chi connectivity index (χ0n) is 19.2. The van der Waals surface area contributed by atoms with Gasteiger partial charge in [0.25, 0.3) is 0 Å². The minimum atomic E-state index is -0.646. The Balaban J connectivity index is 1.62. The van der Waals surface area contributed by atoms with Crippen molar-refractivity contribution in [3.63, 3.8) is 0 Å². The highest BCUT2D eigenvalue weighted by Gasteiger charge is 2.42. The molecule has 0 unspecified atom stereocenters. The van der Waals surface area contributed by atoms with Crippen LogP contribution in [0.3, 0.4) is 0 Å². The first kappa shape index (κ1) is 22.5. The predicted molar refractivity (Wildman–Crippen MR) is 128 cm³/mol. The van der Waals surface area contributed by atoms with Gasteiger partial charge in [-0.1, -0.05) is 48.9 Å². The quantitative estimate of drug-likeness (QED) is 0.580. The van der Waals surface area contributed by atoms with Crippen LogP contribution in [0.25, 0.3) is 0 Å². The Bertz CT molecular complexity index is 1220. The molecule has 0 radical (unpaired) electrons. The highest BCUT2D eigenvalue weighted by atomic mass is 35.5. The number of ketones is 1. The zero-order chi connectivity index (χ0) is 23.8. The molecule has 2 atom stereocenters. The fourth-order valence-corrected chi connectivity index (χ4v) is 5.27. The van der Waals surface area contributed by atoms with Gasteiger partial charge in [-0.15, -0.1) is 0 Å². The molecule has 7 heteroatoms. The molecule has 0 amide bonds. The summed E-state index contributed by atoms with van der Waals surface area (Å²) in [5.41, 5.74) is 4.22. The largest absolute Gasteiger partial charge is 0.462 e. The normalized spacial score (nSPS) is 21.3. The molecule has 6 nitrogen and oxygen atoms in total. The molecule has 1 N–H and O–H groups in total. The van der Waals surface area contributed by atoms with Gasteiger partial charge in [0.1, 0.15) is 0 Å². The van der Waals surface area contributed by atoms with Crippen LogP contribution >= 0.6 is 11.6 Å². The zero-order valence-corrected chi connectivity index (χ0v) is 19.9. The van der Waals surface area contributed by atoms with Gasteiger partial charge in [0.05, 0.1) is 12.2 Å². The van der Waals surface area contributed by atoms with Crippen LogP contribution in [0.2, 0.25) is 5.02 Å². The minimum Gasteiger partial charge on any atom is -0.462 e. The van der Waals surface area contributed by atoms with E-state index in [1.807, 2.05) is 32.0 Å². The Morgan fingerprint density at radius 3 is 2.62 bits per heavy atom. The number of hydrogen-bond acceptors (Lipinski definition) is 6. The fraction of sp³-hybridized carbons (Fsp3) is 0.333. The van der Waals surface area contributed by atoms with E-state index >= 15 is 0 Å². The third-order valence-electron chi connectivity index (χ3n) is 6.56. The molecule has 2 aromatic rings. The fourth-order valence-electron chi connectivity index (χ4n) is 5.01. The number of esters is 1. The molecule has 0 spiro atoms. The maximum Gasteiger partial charge on any atom is 0.336 e. The first-order valence-electron chi connectivity index (χ1n) is 11.5. The lowest BCUT2D eigenvalue weighted by Crippen LogP contribution is -2.36. The van der Waals surface area contributed by atoms with Crippen molar-refractivity contribution in [2.75, 3.05) is 13.4 Å². The number of dihydropyridines is 1. The van der Waals surface area contributed by atoms with Crippen molar-refractivity contribution in [3.8, 4) is 11.5 Å². The van der Waals surface area contributed by atoms with Gasteiger partial charge in [0.2, 0.25) is 6.79 Å². The molecule has 0 aromatic heterocycles. The second-order valence-electron chi connectivity index (χ2n) is 8.79. The summed E-state index contributed by atoms with van der Waals surface area (Å²) < 4.78 is 16.6. The molecule has 1 aliphatic carbocycles. The van der Waals surface area contributed by atoms with Crippen molar-refractivity contribution in [3.05, 3.63) is 81.2 Å². The van der Waals surface area contributed by atoms with E-state index in [0.717, 1.165) is 11.3 Å². The number of rotatable bonds is 5. The van der Waals surface area contributed by atoms with Crippen molar-refractivity contribution in [1.82, 2.24) is 5.32 Å². The summed E-state index contributed by atoms with van der Waals surface area (Å²) in [6.45, 7) is 4.19. The monoisotopic (exact) mass is 479 g/mol. The van der Waals surface area contributed by atoms with E-state index in [1.165, 1.54) is 0 Å². The first-order chi connectivity index (χ1) is 16.5. The molecular formula is C27H26ClNO5. The molecular weight excluding hydrogens is 454 g/mol. The van der Waals surface area contributed by atoms with Gasteiger partial charge < -0.3 is 19.5 Å². The van der Waals surface area contributed by atoms with E-state index in [1.54, 1.807) is 12.1 Å². The van der Waals surface area contributed by atoms with E-state index in [9.17, 15) is 9.59 Å². The second-order valence-corrected chi connectivity index (χ2v) is 9.20. The number of ether oxygens (including phenoxy) is 3. The van der Waals surface area contributed by atoms with Crippen LogP contribution < -0.4 is 14.8 Å². The summed E-state index contributed by atoms with van der Waals surface area (Å²) in [4.78, 5) is 26.9. The molecule has 2 heterocycles. The molecule has 5 rings (SSSR count). The number of allylic oxidation sites excluding steroid dienone is 3. The first-order valence-corrected chi connectivity index (χ1v) is 11.9. The Labute approximate surface area is 203 Å². The van der Waals surface area contributed by atoms with E-state index in [0.29, 0.717) is 64.8 Å². The van der Waals surface area contributed by atoms with Crippen molar-refractivity contribution >= 4 is 23.4 Å². The number of nitrogens with one attached hydrogen (secondary N) is 1. The third kappa shape index (κ3) is 3.96. The van der Waals surface area contributed by atoms with Crippen LogP contribution in [0.5, 0.6) is 11.5 Å². The third-order valence-corrected chi connectivity index (χ3v) is 6.89. The maximum atomic E-state index is 13.7. The Morgan fingerprint density at radius 2 is 1.88 bits per heavy atom. The van der Waals surface area contributed by atoms with Gasteiger partial charge in [-0.05, 0) is 42.9 Å². The van der Waals surface area contributed by atoms with Gasteiger partial charge in [0.15, 0.2) is 17.3 Å². The SMILES string of the molecule is CCCOC(=O)C1=C(C)NC2=C(C(=O)C[C@H](c3ccccc3)C2)[C@@H]1c1cc2c(cc1Cl)OCO2. The Morgan fingerprint density at radius 1 is 1.15 bits per heavy atom. The molecule has 2 aliphatic heterocycles. The molecule has 176 valence electrons. The van der Waals surface area contributed by atoms with Crippen LogP contribution in [-0.4, -0.2) is 25.2 Å². The number of halogens is 1. The highest BCUT2D eigenvalue weighted by molar-refractivity contribution is 6.32. The lowest BCUT2D eigenvalue weighted by Gasteiger charge is -2.37. The van der Waals surface area contributed by atoms with Crippen molar-refractivity contribution in [2.24, 2.45) is 0 Å². The Kier molecular flexibility index (Phi) is 6.09. The second kappa shape index (κ2) is 9.18. The smallest absolute Gasteiger partial charge is 0.336 e. The standard InChI is InChI=1S/C27H26ClNO5/c1-3-9-32-27(31)24-15(2)29-20-10-17(16-7-5-4-6-8-16)11-21(30)26(20)25(24)18-12-22-23(13-19(18)28)34-14-33-22/h4-8,12-13,17,25,29H,3,9-11,14H2,1-2H3/t17-,25-/m1/s1. The lowest BCUT2D eigenvalue weighted by atomic mass is 9.71. The molecule has 0 saturated heterocycles. The number of carbonyl (C=O) groups excluding carboxylic acids is 2. The highest BCUT2D eigenvalue weighted by Crippen LogP contribution is 2.49. The number of benzene rings is 2. The van der Waals surface area contributed by atoms with Gasteiger partial charge in [-0.2, -0.15) is 0 Å². The lowest BCUT2D eigenvalue weighted by molar-refractivity contribution is -0.139. The molecule has 2 aromatic carbocycles. The van der Waals surface area contributed by atoms with Crippen molar-refractivity contribution < 1.29 is 23.8 Å². The summed E-state index contributed by atoms with van der Waals surface area (Å²) in [6, 6.07) is 13.5. The van der Waals surface area contributed by atoms with Gasteiger partial charge in [-0.3, -0.25) is 4.79 Å². The summed E-state index contributed by atoms with van der Waals surface area (Å²) in [5.74, 6) is 0.0574. The van der Waals surface area contributed by atoms with Gasteiger partial charge in [0, 0.05) is 40.4 Å². The van der Waals surface area contributed by atoms with Gasteiger partial charge >= 0.3 is 5.97 Å². The van der Waals surface area contributed by atoms with Gasteiger partial charge in [-0.25, -0.2) is 4.79 Å². The maximum absolute atomic E-state index is 13.7. The average molecular weight is 480 g/mol. The average Bonchev–Trinajstić information content (AvgIpc) is 3.28. The van der Waals surface area contributed by atoms with E-state index in [2.05, 4.69) is 17.4 Å². The molecule has 0 saturated carbocycles. The number of Topliss-reactive ketones (excluding diaryl/α,β-unsaturated/α-hetero) is 1. The van der Waals surface area contributed by atoms with Crippen LogP contribution in [0.1, 0.15) is 56.1 Å². The van der Waals surface area contributed by atoms with E-state index in [-0.39, 0.29) is 18.5 Å². The summed E-state index contributed by atoms with van der Waals surface area (Å²) in [6.07, 6.45) is 1.73. The van der Waals surface area contributed by atoms with Crippen LogP contribution in [0.15, 0.2) is 65.0 Å². The summed E-state index contributed by atoms with van der Waals surface area (Å²) >= 11 is 6.70. The topological polar surface area (TPSA) is 73.9 Å². The number of carbonyl (C=O) groups is 2. The van der Waals surface area contributed by atoms with Crippen LogP contribution in [0, 0.1) is 0 Å². The summed E-state index contributed by atoms with van der Waals surface area (Å²) in [7, 11) is 0. The minimum absolute atomic E-state index is 0.00497. The molecule has 0 fully saturated rings. The van der Waals surface area contributed by atoms with E-state index in [4.69, 9.17) is 25.8 Å². The number of hydrogen-bond donors (Lipinski definition) is 1. The molecule has 0 bridgehead atoms. The number of fused-ring (bicyclic) bond motifs is 1. The summed E-state index contributed by atoms with van der Waals surface area (Å²) in [5, 5.41) is 3.78. The van der Waals surface area contributed by atoms with E-state index < -0.39 is 11.9 Å². The Hall–Kier alpha value is -3.25.